The molecule has 0 unspecified atom stereocenters. The van der Waals surface area contributed by atoms with Gasteiger partial charge in [-0.1, -0.05) is 0 Å². The quantitative estimate of drug-likeness (QED) is 0.339. The van der Waals surface area contributed by atoms with Gasteiger partial charge in [-0.25, -0.2) is 4.57 Å². The van der Waals surface area contributed by atoms with Crippen LogP contribution in [0.5, 0.6) is 0 Å². The van der Waals surface area contributed by atoms with E-state index in [1.807, 2.05) is 0 Å². The molecule has 0 amide bonds. The van der Waals surface area contributed by atoms with Crippen LogP contribution >= 0.6 is 7.82 Å². The van der Waals surface area contributed by atoms with Crippen LogP contribution in [0.3, 0.4) is 0 Å². The van der Waals surface area contributed by atoms with Gasteiger partial charge in [-0.2, -0.15) is 0 Å². The maximum atomic E-state index is 8.88. The standard InChI is InChI=1S/Al.Fe.H3O4P.Zn.3H/c;;1-5(2,3)4;;;;/h;;(H3,1,2,3,4);;;;. The van der Waals surface area contributed by atoms with E-state index >= 15 is 0 Å². The van der Waals surface area contributed by atoms with Crippen molar-refractivity contribution in [2.45, 2.75) is 0 Å². The van der Waals surface area contributed by atoms with Gasteiger partial charge >= 0.3 is 7.82 Å². The van der Waals surface area contributed by atoms with Crippen LogP contribution < -0.4 is 0 Å². The Bertz CT molecular complexity index is 62.2. The summed E-state index contributed by atoms with van der Waals surface area (Å²) in [5, 5.41) is 0. The van der Waals surface area contributed by atoms with E-state index in [-0.39, 0.29) is 53.9 Å². The third-order valence-electron chi connectivity index (χ3n) is 0. The second kappa shape index (κ2) is 8.79. The van der Waals surface area contributed by atoms with Gasteiger partial charge in [-0.05, 0) is 0 Å². The van der Waals surface area contributed by atoms with Crippen LogP contribution in [0.25, 0.3) is 0 Å². The van der Waals surface area contributed by atoms with E-state index in [4.69, 9.17) is 19.2 Å². The first-order chi connectivity index (χ1) is 2.00. The summed E-state index contributed by atoms with van der Waals surface area (Å²) in [6.45, 7) is 0. The fourth-order valence-corrected chi connectivity index (χ4v) is 0. The molecule has 0 spiro atoms. The minimum atomic E-state index is -4.64. The van der Waals surface area contributed by atoms with E-state index in [9.17, 15) is 0 Å². The van der Waals surface area contributed by atoms with Gasteiger partial charge in [0.2, 0.25) is 0 Å². The van der Waals surface area contributed by atoms with Gasteiger partial charge in [0.25, 0.3) is 0 Å². The predicted molar refractivity (Wildman–Crippen MR) is 24.2 cm³/mol. The summed E-state index contributed by atoms with van der Waals surface area (Å²) in [7, 11) is -4.64. The molecule has 0 aromatic heterocycles. The van der Waals surface area contributed by atoms with Crippen molar-refractivity contribution in [1.29, 1.82) is 0 Å². The minimum absolute atomic E-state index is 0. The molecule has 4 nitrogen and oxygen atoms in total. The summed E-state index contributed by atoms with van der Waals surface area (Å²) in [4.78, 5) is 21.6. The Kier molecular flexibility index (Phi) is 24.8. The predicted octanol–water partition coefficient (Wildman–Crippen LogP) is -2.12. The van der Waals surface area contributed by atoms with Crippen molar-refractivity contribution in [1.82, 2.24) is 0 Å². The molecule has 3 N–H and O–H groups in total. The third-order valence-corrected chi connectivity index (χ3v) is 0. The van der Waals surface area contributed by atoms with Crippen LogP contribution in [-0.4, -0.2) is 32.0 Å². The SMILES string of the molecule is O=P(O)(O)O.[AlH3].[Fe].[Zn]. The van der Waals surface area contributed by atoms with E-state index < -0.39 is 7.82 Å². The Morgan fingerprint density at radius 3 is 1.12 bits per heavy atom. The van der Waals surface area contributed by atoms with Crippen molar-refractivity contribution in [2.24, 2.45) is 0 Å². The first kappa shape index (κ1) is 22.6. The molecule has 0 atom stereocenters. The molecule has 0 bridgehead atoms. The molecule has 0 saturated heterocycles. The molecule has 8 heteroatoms. The van der Waals surface area contributed by atoms with E-state index in [0.29, 0.717) is 0 Å². The number of rotatable bonds is 0. The van der Waals surface area contributed by atoms with Crippen LogP contribution in [-0.2, 0) is 41.1 Å². The van der Waals surface area contributed by atoms with Gasteiger partial charge in [-0.3, -0.25) is 0 Å². The molecular formula is H6AlFeO4PZn. The molecule has 0 aliphatic rings. The van der Waals surface area contributed by atoms with Crippen molar-refractivity contribution in [3.05, 3.63) is 0 Å². The van der Waals surface area contributed by atoms with Crippen LogP contribution in [0, 0.1) is 0 Å². The summed E-state index contributed by atoms with van der Waals surface area (Å²) in [6.07, 6.45) is 0. The van der Waals surface area contributed by atoms with Crippen molar-refractivity contribution in [3.63, 3.8) is 0 Å². The molecule has 48 valence electrons. The monoisotopic (exact) mass is 248 g/mol. The zero-order valence-electron chi connectivity index (χ0n) is 3.26. The molecule has 0 saturated carbocycles. The molecule has 0 rings (SSSR count). The average molecular weight is 249 g/mol. The molecule has 0 fully saturated rings. The topological polar surface area (TPSA) is 77.8 Å². The van der Waals surface area contributed by atoms with Gasteiger partial charge in [0.15, 0.2) is 17.4 Å². The number of phosphoric acid groups is 1. The molecule has 8 heavy (non-hydrogen) atoms. The number of hydrogen-bond acceptors (Lipinski definition) is 1. The van der Waals surface area contributed by atoms with E-state index in [1.54, 1.807) is 0 Å². The summed E-state index contributed by atoms with van der Waals surface area (Å²) in [6, 6.07) is 0. The van der Waals surface area contributed by atoms with Crippen molar-refractivity contribution in [3.8, 4) is 0 Å². The van der Waals surface area contributed by atoms with Crippen LogP contribution in [0.2, 0.25) is 0 Å². The molecule has 0 heterocycles. The van der Waals surface area contributed by atoms with Gasteiger partial charge in [-0.15, -0.1) is 0 Å². The second-order valence-corrected chi connectivity index (χ2v) is 1.54. The second-order valence-electron chi connectivity index (χ2n) is 0.513. The Morgan fingerprint density at radius 2 is 1.12 bits per heavy atom. The molecular weight excluding hydrogens is 243 g/mol. The van der Waals surface area contributed by atoms with E-state index in [0.717, 1.165) is 0 Å². The Hall–Kier alpha value is 1.79. The summed E-state index contributed by atoms with van der Waals surface area (Å²) >= 11 is 0. The minimum Gasteiger partial charge on any atom is -0.303 e. The summed E-state index contributed by atoms with van der Waals surface area (Å²) < 4.78 is 8.88. The van der Waals surface area contributed by atoms with Gasteiger partial charge in [0, 0.05) is 36.5 Å². The van der Waals surface area contributed by atoms with Crippen molar-refractivity contribution >= 4 is 25.2 Å². The summed E-state index contributed by atoms with van der Waals surface area (Å²) in [5.74, 6) is 0. The largest absolute Gasteiger partial charge is 0.466 e. The fourth-order valence-electron chi connectivity index (χ4n) is 0. The average Bonchev–Trinajstić information content (AvgIpc) is 0.722. The van der Waals surface area contributed by atoms with Crippen molar-refractivity contribution in [2.75, 3.05) is 0 Å². The Morgan fingerprint density at radius 1 is 1.12 bits per heavy atom. The first-order valence-electron chi connectivity index (χ1n) is 0.783. The molecule has 0 aromatic rings. The zero-order valence-corrected chi connectivity index (χ0v) is 8.22. The molecule has 0 aliphatic carbocycles. The summed E-state index contributed by atoms with van der Waals surface area (Å²) in [5.41, 5.74) is 0. The van der Waals surface area contributed by atoms with Crippen LogP contribution in [0.15, 0.2) is 0 Å². The normalized spacial score (nSPS) is 7.38. The molecule has 0 radical (unpaired) electrons. The van der Waals surface area contributed by atoms with Gasteiger partial charge in [0.1, 0.15) is 0 Å². The zero-order chi connectivity index (χ0) is 4.50. The van der Waals surface area contributed by atoms with Gasteiger partial charge in [0.05, 0.1) is 0 Å². The van der Waals surface area contributed by atoms with Crippen LogP contribution in [0.4, 0.5) is 0 Å². The third kappa shape index (κ3) is 112. The maximum absolute atomic E-state index is 8.88. The Balaban J connectivity index is -0.0000000267. The maximum Gasteiger partial charge on any atom is 0.466 e. The smallest absolute Gasteiger partial charge is 0.303 e. The van der Waals surface area contributed by atoms with Crippen LogP contribution in [0.1, 0.15) is 0 Å². The number of hydrogen-bond donors (Lipinski definition) is 3. The first-order valence-corrected chi connectivity index (χ1v) is 2.35. The molecule has 0 aromatic carbocycles. The van der Waals surface area contributed by atoms with E-state index in [1.165, 1.54) is 0 Å². The van der Waals surface area contributed by atoms with Crippen molar-refractivity contribution < 1.29 is 55.8 Å². The Labute approximate surface area is 80.7 Å². The van der Waals surface area contributed by atoms with E-state index in [2.05, 4.69) is 0 Å². The molecule has 0 aliphatic heterocycles. The fraction of sp³-hybridized carbons (Fsp3) is 0. The van der Waals surface area contributed by atoms with Gasteiger partial charge < -0.3 is 14.7 Å².